The van der Waals surface area contributed by atoms with E-state index in [0.717, 1.165) is 36.8 Å². The predicted octanol–water partition coefficient (Wildman–Crippen LogP) is 2.84. The molecule has 0 bridgehead atoms. The first-order valence-corrected chi connectivity index (χ1v) is 8.76. The van der Waals surface area contributed by atoms with Gasteiger partial charge in [0.1, 0.15) is 0 Å². The number of fused-ring (bicyclic) bond motifs is 1. The average Bonchev–Trinajstić information content (AvgIpc) is 3.39. The molecule has 0 aromatic heterocycles. The molecule has 1 amide bonds. The number of hydrogen-bond donors (Lipinski definition) is 2. The standard InChI is InChI=1S/C19H25NO5/c1-24-15-9-12-5-3-4-6-14(13(12)10-16(15)25-2)20-17(21)11-19(7-8-19)18(22)23/h9-10,14H,3-8,11H2,1-2H3,(H,20,21)(H,22,23). The summed E-state index contributed by atoms with van der Waals surface area (Å²) in [6, 6.07) is 3.81. The molecule has 0 aliphatic heterocycles. The van der Waals surface area contributed by atoms with Gasteiger partial charge in [0.25, 0.3) is 0 Å². The van der Waals surface area contributed by atoms with E-state index in [2.05, 4.69) is 5.32 Å². The Balaban J connectivity index is 1.81. The van der Waals surface area contributed by atoms with Crippen LogP contribution in [0.25, 0.3) is 0 Å². The molecule has 3 rings (SSSR count). The van der Waals surface area contributed by atoms with E-state index in [-0.39, 0.29) is 18.4 Å². The number of aryl methyl sites for hydroxylation is 1. The highest BCUT2D eigenvalue weighted by Gasteiger charge is 2.51. The summed E-state index contributed by atoms with van der Waals surface area (Å²) >= 11 is 0. The van der Waals surface area contributed by atoms with Gasteiger partial charge < -0.3 is 19.9 Å². The smallest absolute Gasteiger partial charge is 0.310 e. The molecule has 1 aromatic rings. The number of amides is 1. The first kappa shape index (κ1) is 17.6. The molecule has 1 atom stereocenters. The number of carboxylic acid groups (broad SMARTS) is 1. The number of rotatable bonds is 6. The normalized spacial score (nSPS) is 20.8. The molecular weight excluding hydrogens is 322 g/mol. The molecule has 1 unspecified atom stereocenters. The summed E-state index contributed by atoms with van der Waals surface area (Å²) in [4.78, 5) is 23.7. The third kappa shape index (κ3) is 3.57. The van der Waals surface area contributed by atoms with Gasteiger partial charge in [0.15, 0.2) is 11.5 Å². The van der Waals surface area contributed by atoms with Crippen LogP contribution in [0.1, 0.15) is 55.7 Å². The molecule has 1 aromatic carbocycles. The van der Waals surface area contributed by atoms with Gasteiger partial charge in [-0.3, -0.25) is 9.59 Å². The molecule has 0 heterocycles. The summed E-state index contributed by atoms with van der Waals surface area (Å²) in [5.74, 6) is 0.283. The third-order valence-corrected chi connectivity index (χ3v) is 5.35. The largest absolute Gasteiger partial charge is 0.493 e. The second kappa shape index (κ2) is 6.94. The SMILES string of the molecule is COc1cc2c(cc1OC)C(NC(=O)CC1(C(=O)O)CC1)CCCC2. The fraction of sp³-hybridized carbons (Fsp3) is 0.579. The van der Waals surface area contributed by atoms with Gasteiger partial charge in [-0.1, -0.05) is 6.42 Å². The van der Waals surface area contributed by atoms with Crippen LogP contribution >= 0.6 is 0 Å². The lowest BCUT2D eigenvalue weighted by molar-refractivity contribution is -0.145. The van der Waals surface area contributed by atoms with Crippen LogP contribution in [0.5, 0.6) is 11.5 Å². The number of carbonyl (C=O) groups is 2. The number of aliphatic carboxylic acids is 1. The van der Waals surface area contributed by atoms with Gasteiger partial charge in [0.2, 0.25) is 5.91 Å². The zero-order chi connectivity index (χ0) is 18.0. The van der Waals surface area contributed by atoms with Crippen molar-refractivity contribution in [2.24, 2.45) is 5.41 Å². The van der Waals surface area contributed by atoms with E-state index in [0.29, 0.717) is 24.3 Å². The lowest BCUT2D eigenvalue weighted by Gasteiger charge is -2.22. The molecule has 136 valence electrons. The number of hydrogen-bond acceptors (Lipinski definition) is 4. The summed E-state index contributed by atoms with van der Waals surface area (Å²) in [7, 11) is 3.21. The van der Waals surface area contributed by atoms with Crippen molar-refractivity contribution >= 4 is 11.9 Å². The average molecular weight is 347 g/mol. The molecular formula is C19H25NO5. The van der Waals surface area contributed by atoms with Crippen LogP contribution in [0.2, 0.25) is 0 Å². The monoisotopic (exact) mass is 347 g/mol. The van der Waals surface area contributed by atoms with Crippen molar-refractivity contribution < 1.29 is 24.2 Å². The Morgan fingerprint density at radius 2 is 1.88 bits per heavy atom. The van der Waals surface area contributed by atoms with Crippen molar-refractivity contribution in [2.45, 2.75) is 51.0 Å². The van der Waals surface area contributed by atoms with Crippen molar-refractivity contribution in [2.75, 3.05) is 14.2 Å². The van der Waals surface area contributed by atoms with Gasteiger partial charge in [-0.05, 0) is 55.4 Å². The Morgan fingerprint density at radius 1 is 1.20 bits per heavy atom. The van der Waals surface area contributed by atoms with Crippen LogP contribution in [0, 0.1) is 5.41 Å². The van der Waals surface area contributed by atoms with Crippen LogP contribution in [0.15, 0.2) is 12.1 Å². The molecule has 2 aliphatic rings. The van der Waals surface area contributed by atoms with E-state index in [9.17, 15) is 14.7 Å². The Kier molecular flexibility index (Phi) is 4.88. The predicted molar refractivity (Wildman–Crippen MR) is 91.9 cm³/mol. The Morgan fingerprint density at radius 3 is 2.48 bits per heavy atom. The molecule has 1 saturated carbocycles. The summed E-state index contributed by atoms with van der Waals surface area (Å²) in [6.07, 6.45) is 5.06. The molecule has 1 fully saturated rings. The minimum atomic E-state index is -0.865. The van der Waals surface area contributed by atoms with Crippen molar-refractivity contribution in [3.05, 3.63) is 23.3 Å². The highest BCUT2D eigenvalue weighted by Crippen LogP contribution is 2.49. The van der Waals surface area contributed by atoms with Crippen molar-refractivity contribution in [1.82, 2.24) is 5.32 Å². The van der Waals surface area contributed by atoms with Crippen LogP contribution in [-0.4, -0.2) is 31.2 Å². The first-order chi connectivity index (χ1) is 12.0. The molecule has 6 heteroatoms. The van der Waals surface area contributed by atoms with Crippen molar-refractivity contribution in [3.63, 3.8) is 0 Å². The van der Waals surface area contributed by atoms with Crippen LogP contribution in [-0.2, 0) is 16.0 Å². The number of benzene rings is 1. The topological polar surface area (TPSA) is 84.9 Å². The lowest BCUT2D eigenvalue weighted by atomic mass is 9.96. The Bertz CT molecular complexity index is 681. The zero-order valence-corrected chi connectivity index (χ0v) is 14.8. The van der Waals surface area contributed by atoms with Gasteiger partial charge in [-0.25, -0.2) is 0 Å². The van der Waals surface area contributed by atoms with Gasteiger partial charge in [-0.2, -0.15) is 0 Å². The Hall–Kier alpha value is -2.24. The minimum absolute atomic E-state index is 0.0570. The molecule has 25 heavy (non-hydrogen) atoms. The molecule has 0 radical (unpaired) electrons. The maximum atomic E-state index is 12.4. The zero-order valence-electron chi connectivity index (χ0n) is 14.8. The maximum Gasteiger partial charge on any atom is 0.310 e. The van der Waals surface area contributed by atoms with Gasteiger partial charge in [0.05, 0.1) is 25.7 Å². The summed E-state index contributed by atoms with van der Waals surface area (Å²) in [5, 5.41) is 12.3. The Labute approximate surface area is 147 Å². The summed E-state index contributed by atoms with van der Waals surface area (Å²) in [6.45, 7) is 0. The summed E-state index contributed by atoms with van der Waals surface area (Å²) < 4.78 is 10.8. The van der Waals surface area contributed by atoms with E-state index in [4.69, 9.17) is 9.47 Å². The number of carboxylic acids is 1. The number of methoxy groups -OCH3 is 2. The quantitative estimate of drug-likeness (QED) is 0.773. The molecule has 0 spiro atoms. The number of ether oxygens (including phenoxy) is 2. The van der Waals surface area contributed by atoms with Gasteiger partial charge in [-0.15, -0.1) is 0 Å². The highest BCUT2D eigenvalue weighted by atomic mass is 16.5. The molecule has 0 saturated heterocycles. The van der Waals surface area contributed by atoms with E-state index in [1.165, 1.54) is 0 Å². The summed E-state index contributed by atoms with van der Waals surface area (Å²) in [5.41, 5.74) is 1.36. The second-order valence-electron chi connectivity index (χ2n) is 7.03. The lowest BCUT2D eigenvalue weighted by Crippen LogP contribution is -2.32. The van der Waals surface area contributed by atoms with E-state index >= 15 is 0 Å². The molecule has 2 N–H and O–H groups in total. The fourth-order valence-corrected chi connectivity index (χ4v) is 3.62. The molecule has 2 aliphatic carbocycles. The number of nitrogens with one attached hydrogen (secondary N) is 1. The highest BCUT2D eigenvalue weighted by molar-refractivity contribution is 5.87. The fourth-order valence-electron chi connectivity index (χ4n) is 3.62. The van der Waals surface area contributed by atoms with Crippen LogP contribution in [0.4, 0.5) is 0 Å². The van der Waals surface area contributed by atoms with E-state index < -0.39 is 11.4 Å². The maximum absolute atomic E-state index is 12.4. The van der Waals surface area contributed by atoms with Crippen molar-refractivity contribution in [1.29, 1.82) is 0 Å². The van der Waals surface area contributed by atoms with E-state index in [1.807, 2.05) is 12.1 Å². The molecule has 6 nitrogen and oxygen atoms in total. The second-order valence-corrected chi connectivity index (χ2v) is 7.03. The first-order valence-electron chi connectivity index (χ1n) is 8.76. The van der Waals surface area contributed by atoms with E-state index in [1.54, 1.807) is 14.2 Å². The number of carbonyl (C=O) groups excluding carboxylic acids is 1. The van der Waals surface area contributed by atoms with Gasteiger partial charge in [0, 0.05) is 6.42 Å². The van der Waals surface area contributed by atoms with Crippen LogP contribution in [0.3, 0.4) is 0 Å². The minimum Gasteiger partial charge on any atom is -0.493 e. The van der Waals surface area contributed by atoms with Crippen LogP contribution < -0.4 is 14.8 Å². The van der Waals surface area contributed by atoms with Gasteiger partial charge >= 0.3 is 5.97 Å². The third-order valence-electron chi connectivity index (χ3n) is 5.35. The van der Waals surface area contributed by atoms with Crippen molar-refractivity contribution in [3.8, 4) is 11.5 Å².